The van der Waals surface area contributed by atoms with Gasteiger partial charge in [0, 0.05) is 40.6 Å². The first kappa shape index (κ1) is 21.6. The predicted molar refractivity (Wildman–Crippen MR) is 127 cm³/mol. The number of pyridine rings is 2. The summed E-state index contributed by atoms with van der Waals surface area (Å²) >= 11 is 0. The highest BCUT2D eigenvalue weighted by Crippen LogP contribution is 2.45. The minimum absolute atomic E-state index is 0.0930. The molecule has 176 valence electrons. The molecule has 2 aliphatic carbocycles. The van der Waals surface area contributed by atoms with Crippen LogP contribution in [0.1, 0.15) is 72.5 Å². The Morgan fingerprint density at radius 3 is 2.71 bits per heavy atom. The smallest absolute Gasteiger partial charge is 0.254 e. The van der Waals surface area contributed by atoms with Crippen molar-refractivity contribution in [3.05, 3.63) is 61.7 Å². The van der Waals surface area contributed by atoms with Crippen molar-refractivity contribution in [1.82, 2.24) is 14.9 Å². The SMILES string of the molecule is CCN[C@H]1CCc2c(C)c(F)cc3nc4c(c1c23)Cn1c-4cc2c(c1=O)CCC(=O)[C@]2(O)CC. The number of ketones is 1. The van der Waals surface area contributed by atoms with E-state index < -0.39 is 5.60 Å². The molecule has 3 aromatic rings. The zero-order chi connectivity index (χ0) is 23.9. The minimum atomic E-state index is -1.65. The van der Waals surface area contributed by atoms with E-state index in [1.54, 1.807) is 17.6 Å². The summed E-state index contributed by atoms with van der Waals surface area (Å²) in [6, 6.07) is 3.37. The Balaban J connectivity index is 1.69. The van der Waals surface area contributed by atoms with E-state index in [1.807, 2.05) is 6.92 Å². The van der Waals surface area contributed by atoms with Crippen LogP contribution in [0.25, 0.3) is 22.3 Å². The number of nitrogens with zero attached hydrogens (tertiary/aromatic N) is 2. The lowest BCUT2D eigenvalue weighted by molar-refractivity contribution is -0.140. The van der Waals surface area contributed by atoms with Crippen LogP contribution in [-0.4, -0.2) is 27.0 Å². The fraction of sp³-hybridized carbons (Fsp3) is 0.444. The highest BCUT2D eigenvalue weighted by atomic mass is 19.1. The van der Waals surface area contributed by atoms with Crippen molar-refractivity contribution < 1.29 is 14.3 Å². The second-order valence-corrected chi connectivity index (χ2v) is 9.81. The highest BCUT2D eigenvalue weighted by Gasteiger charge is 2.43. The molecule has 1 aliphatic heterocycles. The van der Waals surface area contributed by atoms with Gasteiger partial charge in [-0.3, -0.25) is 9.59 Å². The lowest BCUT2D eigenvalue weighted by atomic mass is 9.77. The van der Waals surface area contributed by atoms with Gasteiger partial charge in [-0.15, -0.1) is 0 Å². The second-order valence-electron chi connectivity index (χ2n) is 9.81. The van der Waals surface area contributed by atoms with Crippen molar-refractivity contribution in [2.45, 2.75) is 71.1 Å². The standard InChI is InChI=1S/C27H28FN3O3/c1-4-27(34)17-10-21-25-16(12-31(21)26(33)15(17)7-9-22(27)32)24-19(29-5-2)8-6-14-13(3)18(28)11-20(30-25)23(14)24/h10-11,19,29,34H,4-9,12H2,1-3H3/t19-,27-/m0/s1. The molecule has 0 spiro atoms. The number of carbonyl (C=O) groups excluding carboxylic acids is 1. The summed E-state index contributed by atoms with van der Waals surface area (Å²) in [5, 5.41) is 15.8. The number of halogens is 1. The molecule has 0 unspecified atom stereocenters. The number of rotatable bonds is 3. The molecule has 34 heavy (non-hydrogen) atoms. The number of carbonyl (C=O) groups is 1. The number of aliphatic hydroxyl groups is 1. The van der Waals surface area contributed by atoms with E-state index in [0.29, 0.717) is 46.6 Å². The fourth-order valence-electron chi connectivity index (χ4n) is 6.39. The zero-order valence-electron chi connectivity index (χ0n) is 19.7. The van der Waals surface area contributed by atoms with Crippen LogP contribution in [0.2, 0.25) is 0 Å². The van der Waals surface area contributed by atoms with Gasteiger partial charge in [0.15, 0.2) is 5.78 Å². The second kappa shape index (κ2) is 7.30. The summed E-state index contributed by atoms with van der Waals surface area (Å²) in [6.45, 7) is 6.84. The van der Waals surface area contributed by atoms with Gasteiger partial charge in [0.05, 0.1) is 23.4 Å². The maximum absolute atomic E-state index is 14.8. The Bertz CT molecular complexity index is 1470. The Morgan fingerprint density at radius 2 is 1.97 bits per heavy atom. The van der Waals surface area contributed by atoms with E-state index in [2.05, 4.69) is 12.2 Å². The molecule has 2 N–H and O–H groups in total. The van der Waals surface area contributed by atoms with E-state index in [-0.39, 0.29) is 36.0 Å². The van der Waals surface area contributed by atoms with Gasteiger partial charge in [-0.1, -0.05) is 13.8 Å². The molecule has 0 fully saturated rings. The third kappa shape index (κ3) is 2.65. The highest BCUT2D eigenvalue weighted by molar-refractivity contribution is 5.94. The van der Waals surface area contributed by atoms with Crippen molar-refractivity contribution in [1.29, 1.82) is 0 Å². The van der Waals surface area contributed by atoms with Crippen LogP contribution < -0.4 is 10.9 Å². The topological polar surface area (TPSA) is 84.2 Å². The van der Waals surface area contributed by atoms with Crippen LogP contribution in [0.15, 0.2) is 16.9 Å². The lowest BCUT2D eigenvalue weighted by Gasteiger charge is -2.32. The Labute approximate surface area is 196 Å². The van der Waals surface area contributed by atoms with Gasteiger partial charge >= 0.3 is 0 Å². The summed E-state index contributed by atoms with van der Waals surface area (Å²) in [7, 11) is 0. The van der Waals surface area contributed by atoms with Gasteiger partial charge in [0.2, 0.25) is 0 Å². The minimum Gasteiger partial charge on any atom is -0.377 e. The fourth-order valence-corrected chi connectivity index (χ4v) is 6.39. The molecule has 0 radical (unpaired) electrons. The molecule has 3 heterocycles. The molecule has 6 nitrogen and oxygen atoms in total. The van der Waals surface area contributed by atoms with Gasteiger partial charge in [0.1, 0.15) is 11.4 Å². The van der Waals surface area contributed by atoms with Crippen LogP contribution in [0.4, 0.5) is 4.39 Å². The molecule has 1 aromatic carbocycles. The number of Topliss-reactive ketones (excluding diaryl/α,β-unsaturated/α-hetero) is 1. The van der Waals surface area contributed by atoms with Crippen molar-refractivity contribution in [2.24, 2.45) is 0 Å². The first-order chi connectivity index (χ1) is 16.3. The Kier molecular flexibility index (Phi) is 4.64. The summed E-state index contributed by atoms with van der Waals surface area (Å²) in [5.41, 5.74) is 4.70. The third-order valence-corrected chi connectivity index (χ3v) is 8.21. The number of aryl methyl sites for hydroxylation is 1. The summed E-state index contributed by atoms with van der Waals surface area (Å²) < 4.78 is 16.6. The number of hydrogen-bond donors (Lipinski definition) is 2. The van der Waals surface area contributed by atoms with Crippen LogP contribution in [0, 0.1) is 12.7 Å². The molecule has 3 aliphatic rings. The molecule has 0 saturated heterocycles. The normalized spacial score (nSPS) is 22.6. The molecule has 0 amide bonds. The molecule has 2 aromatic heterocycles. The molecule has 0 saturated carbocycles. The first-order valence-corrected chi connectivity index (χ1v) is 12.2. The zero-order valence-corrected chi connectivity index (χ0v) is 19.7. The van der Waals surface area contributed by atoms with E-state index in [0.717, 1.165) is 41.5 Å². The number of fused-ring (bicyclic) bond motifs is 5. The van der Waals surface area contributed by atoms with Gasteiger partial charge in [-0.2, -0.15) is 0 Å². The Hall–Kier alpha value is -2.90. The quantitative estimate of drug-likeness (QED) is 0.487. The van der Waals surface area contributed by atoms with Crippen LogP contribution >= 0.6 is 0 Å². The van der Waals surface area contributed by atoms with Crippen molar-refractivity contribution in [3.8, 4) is 11.4 Å². The number of nitrogens with one attached hydrogen (secondary N) is 1. The summed E-state index contributed by atoms with van der Waals surface area (Å²) in [5.74, 6) is -0.518. The molecule has 2 atom stereocenters. The van der Waals surface area contributed by atoms with Gasteiger partial charge in [-0.25, -0.2) is 9.37 Å². The van der Waals surface area contributed by atoms with Gasteiger partial charge < -0.3 is 15.0 Å². The summed E-state index contributed by atoms with van der Waals surface area (Å²) in [6.07, 6.45) is 2.33. The number of aromatic nitrogens is 2. The predicted octanol–water partition coefficient (Wildman–Crippen LogP) is 3.58. The van der Waals surface area contributed by atoms with E-state index in [1.165, 1.54) is 6.07 Å². The largest absolute Gasteiger partial charge is 0.377 e. The number of benzene rings is 1. The van der Waals surface area contributed by atoms with Gasteiger partial charge in [0.25, 0.3) is 5.56 Å². The van der Waals surface area contributed by atoms with E-state index in [9.17, 15) is 19.1 Å². The van der Waals surface area contributed by atoms with Crippen molar-refractivity contribution >= 4 is 16.7 Å². The third-order valence-electron chi connectivity index (χ3n) is 8.21. The van der Waals surface area contributed by atoms with Crippen molar-refractivity contribution in [3.63, 3.8) is 0 Å². The first-order valence-electron chi connectivity index (χ1n) is 12.2. The lowest BCUT2D eigenvalue weighted by Crippen LogP contribution is -2.43. The molecule has 0 bridgehead atoms. The Morgan fingerprint density at radius 1 is 1.18 bits per heavy atom. The van der Waals surface area contributed by atoms with E-state index in [4.69, 9.17) is 4.98 Å². The summed E-state index contributed by atoms with van der Waals surface area (Å²) in [4.78, 5) is 31.1. The van der Waals surface area contributed by atoms with Crippen LogP contribution in [0.3, 0.4) is 0 Å². The molecular weight excluding hydrogens is 433 g/mol. The average Bonchev–Trinajstić information content (AvgIpc) is 3.19. The van der Waals surface area contributed by atoms with Crippen LogP contribution in [-0.2, 0) is 29.8 Å². The number of hydrogen-bond acceptors (Lipinski definition) is 5. The average molecular weight is 462 g/mol. The molecular formula is C27H28FN3O3. The molecule has 7 heteroatoms. The van der Waals surface area contributed by atoms with Crippen molar-refractivity contribution in [2.75, 3.05) is 6.54 Å². The molecule has 6 rings (SSSR count). The van der Waals surface area contributed by atoms with Gasteiger partial charge in [-0.05, 0) is 61.9 Å². The maximum Gasteiger partial charge on any atom is 0.254 e. The van der Waals surface area contributed by atoms with E-state index >= 15 is 0 Å². The maximum atomic E-state index is 14.8. The van der Waals surface area contributed by atoms with Crippen LogP contribution in [0.5, 0.6) is 0 Å². The monoisotopic (exact) mass is 461 g/mol.